The molecule has 0 aliphatic rings. The van der Waals surface area contributed by atoms with Crippen LogP contribution >= 0.6 is 0 Å². The summed E-state index contributed by atoms with van der Waals surface area (Å²) in [7, 11) is 0. The summed E-state index contributed by atoms with van der Waals surface area (Å²) in [6.07, 6.45) is 0.310. The molecule has 0 aliphatic heterocycles. The Morgan fingerprint density at radius 3 is 2.92 bits per heavy atom. The lowest BCUT2D eigenvalue weighted by atomic mass is 10.3. The van der Waals surface area contributed by atoms with Gasteiger partial charge in [0.2, 0.25) is 0 Å². The summed E-state index contributed by atoms with van der Waals surface area (Å²) >= 11 is 0. The average molecular weight is 177 g/mol. The summed E-state index contributed by atoms with van der Waals surface area (Å²) in [4.78, 5) is 14.0. The van der Waals surface area contributed by atoms with E-state index in [1.165, 1.54) is 6.20 Å². The summed E-state index contributed by atoms with van der Waals surface area (Å²) in [5, 5.41) is 18.9. The van der Waals surface area contributed by atoms with Gasteiger partial charge in [-0.25, -0.2) is 4.79 Å². The third-order valence-corrected chi connectivity index (χ3v) is 1.37. The van der Waals surface area contributed by atoms with Crippen LogP contribution in [0.25, 0.3) is 0 Å². The minimum absolute atomic E-state index is 0.154. The van der Waals surface area contributed by atoms with E-state index in [9.17, 15) is 4.79 Å². The Bertz CT molecular complexity index is 339. The first-order valence-electron chi connectivity index (χ1n) is 3.54. The van der Waals surface area contributed by atoms with E-state index in [0.29, 0.717) is 11.3 Å². The number of aromatic nitrogens is 1. The van der Waals surface area contributed by atoms with Crippen molar-refractivity contribution < 1.29 is 9.90 Å². The number of nitriles is 1. The van der Waals surface area contributed by atoms with Crippen LogP contribution in [0.15, 0.2) is 18.3 Å². The zero-order valence-corrected chi connectivity index (χ0v) is 6.69. The van der Waals surface area contributed by atoms with E-state index in [2.05, 4.69) is 10.3 Å². The van der Waals surface area contributed by atoms with Crippen LogP contribution in [0.4, 0.5) is 4.79 Å². The van der Waals surface area contributed by atoms with Gasteiger partial charge in [0.1, 0.15) is 6.07 Å². The predicted octanol–water partition coefficient (Wildman–Crippen LogP) is 0.721. The van der Waals surface area contributed by atoms with E-state index in [0.717, 1.165) is 0 Å². The van der Waals surface area contributed by atoms with Gasteiger partial charge in [-0.15, -0.1) is 0 Å². The highest BCUT2D eigenvalue weighted by Gasteiger charge is 1.97. The second kappa shape index (κ2) is 4.07. The van der Waals surface area contributed by atoms with Crippen molar-refractivity contribution in [3.8, 4) is 6.07 Å². The third kappa shape index (κ3) is 2.79. The monoisotopic (exact) mass is 177 g/mol. The Kier molecular flexibility index (Phi) is 2.82. The van der Waals surface area contributed by atoms with Gasteiger partial charge in [-0.2, -0.15) is 5.26 Å². The molecule has 1 heterocycles. The van der Waals surface area contributed by atoms with Crippen molar-refractivity contribution in [2.24, 2.45) is 0 Å². The molecule has 0 aliphatic carbocycles. The summed E-state index contributed by atoms with van der Waals surface area (Å²) < 4.78 is 0. The number of amides is 1. The highest BCUT2D eigenvalue weighted by molar-refractivity contribution is 5.64. The number of pyridine rings is 1. The fraction of sp³-hybridized carbons (Fsp3) is 0.125. The molecule has 1 aromatic rings. The van der Waals surface area contributed by atoms with Gasteiger partial charge in [0.05, 0.1) is 17.8 Å². The Balaban J connectivity index is 2.60. The summed E-state index contributed by atoms with van der Waals surface area (Å²) in [6.45, 7) is 0.154. The van der Waals surface area contributed by atoms with Crippen LogP contribution in [0.2, 0.25) is 0 Å². The van der Waals surface area contributed by atoms with E-state index in [1.54, 1.807) is 12.1 Å². The molecule has 5 heteroatoms. The molecule has 66 valence electrons. The molecule has 0 fully saturated rings. The lowest BCUT2D eigenvalue weighted by molar-refractivity contribution is 0.194. The fourth-order valence-corrected chi connectivity index (χ4v) is 0.761. The van der Waals surface area contributed by atoms with Gasteiger partial charge < -0.3 is 10.4 Å². The van der Waals surface area contributed by atoms with E-state index < -0.39 is 6.09 Å². The number of nitrogens with zero attached hydrogens (tertiary/aromatic N) is 2. The largest absolute Gasteiger partial charge is 0.465 e. The van der Waals surface area contributed by atoms with Crippen molar-refractivity contribution in [1.82, 2.24) is 10.3 Å². The number of carboxylic acid groups (broad SMARTS) is 1. The van der Waals surface area contributed by atoms with Crippen LogP contribution in [-0.4, -0.2) is 16.2 Å². The number of hydrogen-bond donors (Lipinski definition) is 2. The normalized spacial score (nSPS) is 8.85. The van der Waals surface area contributed by atoms with Crippen LogP contribution in [0.5, 0.6) is 0 Å². The molecular weight excluding hydrogens is 170 g/mol. The van der Waals surface area contributed by atoms with Crippen molar-refractivity contribution in [1.29, 1.82) is 5.26 Å². The van der Waals surface area contributed by atoms with Gasteiger partial charge in [-0.1, -0.05) is 0 Å². The summed E-state index contributed by atoms with van der Waals surface area (Å²) in [5.74, 6) is 0. The molecule has 1 aromatic heterocycles. The van der Waals surface area contributed by atoms with Crippen molar-refractivity contribution in [2.75, 3.05) is 0 Å². The van der Waals surface area contributed by atoms with Gasteiger partial charge >= 0.3 is 6.09 Å². The molecule has 0 aromatic carbocycles. The lowest BCUT2D eigenvalue weighted by Gasteiger charge is -1.99. The standard InChI is InChI=1S/C8H7N3O2/c9-3-6-1-2-7(10-4-6)5-11-8(12)13/h1-2,4,11H,5H2,(H,12,13). The van der Waals surface area contributed by atoms with Crippen LogP contribution in [0, 0.1) is 11.3 Å². The number of nitrogens with one attached hydrogen (secondary N) is 1. The van der Waals surface area contributed by atoms with Crippen molar-refractivity contribution in [2.45, 2.75) is 6.54 Å². The Morgan fingerprint density at radius 1 is 1.69 bits per heavy atom. The first kappa shape index (κ1) is 9.00. The molecule has 0 saturated carbocycles. The van der Waals surface area contributed by atoms with Crippen molar-refractivity contribution in [3.63, 3.8) is 0 Å². The Labute approximate surface area is 74.6 Å². The van der Waals surface area contributed by atoms with Crippen molar-refractivity contribution >= 4 is 6.09 Å². The molecule has 1 amide bonds. The second-order valence-electron chi connectivity index (χ2n) is 2.31. The van der Waals surface area contributed by atoms with Crippen LogP contribution in [0.3, 0.4) is 0 Å². The maximum absolute atomic E-state index is 10.1. The summed E-state index contributed by atoms with van der Waals surface area (Å²) in [6, 6.07) is 5.11. The summed E-state index contributed by atoms with van der Waals surface area (Å²) in [5.41, 5.74) is 1.04. The van der Waals surface area contributed by atoms with Gasteiger partial charge in [-0.3, -0.25) is 4.98 Å². The fourth-order valence-electron chi connectivity index (χ4n) is 0.761. The molecule has 13 heavy (non-hydrogen) atoms. The molecule has 0 radical (unpaired) electrons. The van der Waals surface area contributed by atoms with Gasteiger partial charge in [0.15, 0.2) is 0 Å². The molecule has 1 rings (SSSR count). The van der Waals surface area contributed by atoms with Crippen LogP contribution in [0.1, 0.15) is 11.3 Å². The van der Waals surface area contributed by atoms with E-state index >= 15 is 0 Å². The Morgan fingerprint density at radius 2 is 2.46 bits per heavy atom. The van der Waals surface area contributed by atoms with Crippen LogP contribution < -0.4 is 5.32 Å². The molecule has 0 atom stereocenters. The zero-order chi connectivity index (χ0) is 9.68. The lowest BCUT2D eigenvalue weighted by Crippen LogP contribution is -2.20. The topological polar surface area (TPSA) is 86.0 Å². The molecule has 5 nitrogen and oxygen atoms in total. The first-order valence-corrected chi connectivity index (χ1v) is 3.54. The smallest absolute Gasteiger partial charge is 0.404 e. The molecular formula is C8H7N3O2. The molecule has 0 bridgehead atoms. The molecule has 2 N–H and O–H groups in total. The van der Waals surface area contributed by atoms with Gasteiger partial charge in [-0.05, 0) is 12.1 Å². The van der Waals surface area contributed by atoms with Gasteiger partial charge in [0.25, 0.3) is 0 Å². The number of carbonyl (C=O) groups is 1. The highest BCUT2D eigenvalue weighted by Crippen LogP contribution is 1.97. The number of rotatable bonds is 2. The predicted molar refractivity (Wildman–Crippen MR) is 43.8 cm³/mol. The minimum atomic E-state index is -1.09. The van der Waals surface area contributed by atoms with E-state index in [-0.39, 0.29) is 6.54 Å². The first-order chi connectivity index (χ1) is 6.22. The average Bonchev–Trinajstić information content (AvgIpc) is 2.15. The van der Waals surface area contributed by atoms with E-state index in [1.807, 2.05) is 6.07 Å². The van der Waals surface area contributed by atoms with Gasteiger partial charge in [0, 0.05) is 6.20 Å². The maximum Gasteiger partial charge on any atom is 0.404 e. The van der Waals surface area contributed by atoms with Crippen LogP contribution in [-0.2, 0) is 6.54 Å². The third-order valence-electron chi connectivity index (χ3n) is 1.37. The quantitative estimate of drug-likeness (QED) is 0.696. The van der Waals surface area contributed by atoms with Crippen molar-refractivity contribution in [3.05, 3.63) is 29.6 Å². The highest BCUT2D eigenvalue weighted by atomic mass is 16.4. The molecule has 0 unspecified atom stereocenters. The number of hydrogen-bond acceptors (Lipinski definition) is 3. The second-order valence-corrected chi connectivity index (χ2v) is 2.31. The minimum Gasteiger partial charge on any atom is -0.465 e. The van der Waals surface area contributed by atoms with E-state index in [4.69, 9.17) is 10.4 Å². The molecule has 0 saturated heterocycles. The Hall–Kier alpha value is -2.09. The zero-order valence-electron chi connectivity index (χ0n) is 6.69. The SMILES string of the molecule is N#Cc1ccc(CNC(=O)O)nc1. The molecule has 0 spiro atoms. The maximum atomic E-state index is 10.1.